The molecule has 0 bridgehead atoms. The van der Waals surface area contributed by atoms with Gasteiger partial charge in [0.15, 0.2) is 0 Å². The van der Waals surface area contributed by atoms with Gasteiger partial charge in [0.1, 0.15) is 0 Å². The third-order valence-electron chi connectivity index (χ3n) is 2.27. The lowest BCUT2D eigenvalue weighted by Gasteiger charge is -1.90. The molecule has 0 fully saturated rings. The van der Waals surface area contributed by atoms with E-state index in [0.29, 0.717) is 16.4 Å². The first-order chi connectivity index (χ1) is 7.25. The minimum absolute atomic E-state index is 0.403. The Kier molecular flexibility index (Phi) is 1.37. The summed E-state index contributed by atoms with van der Waals surface area (Å²) in [5, 5.41) is 4.46. The topological polar surface area (TPSA) is 83.0 Å². The van der Waals surface area contributed by atoms with Gasteiger partial charge in [-0.1, -0.05) is 0 Å². The van der Waals surface area contributed by atoms with Crippen LogP contribution in [0, 0.1) is 0 Å². The summed E-state index contributed by atoms with van der Waals surface area (Å²) in [6.07, 6.45) is 3.19. The van der Waals surface area contributed by atoms with Crippen molar-refractivity contribution in [1.29, 1.82) is 0 Å². The van der Waals surface area contributed by atoms with Crippen LogP contribution in [0.2, 0.25) is 0 Å². The number of aromatic nitrogens is 4. The Balaban J connectivity index is 2.73. The smallest absolute Gasteiger partial charge is 0.305 e. The first-order valence-electron chi connectivity index (χ1n) is 4.34. The molecule has 6 nitrogen and oxygen atoms in total. The van der Waals surface area contributed by atoms with Gasteiger partial charge in [0.05, 0.1) is 16.4 Å². The first kappa shape index (κ1) is 7.98. The molecule has 6 heteroatoms. The summed E-state index contributed by atoms with van der Waals surface area (Å²) in [7, 11) is 0. The van der Waals surface area contributed by atoms with Gasteiger partial charge in [0.25, 0.3) is 5.56 Å². The van der Waals surface area contributed by atoms with Gasteiger partial charge in [0.2, 0.25) is 0 Å². The van der Waals surface area contributed by atoms with Crippen molar-refractivity contribution in [3.05, 3.63) is 45.4 Å². The second kappa shape index (κ2) is 2.57. The largest absolute Gasteiger partial charge is 0.326 e. The van der Waals surface area contributed by atoms with Crippen molar-refractivity contribution in [3.63, 3.8) is 0 Å². The maximum Gasteiger partial charge on any atom is 0.326 e. The Bertz CT molecular complexity index is 765. The van der Waals surface area contributed by atoms with Gasteiger partial charge in [-0.05, 0) is 12.1 Å². The molecule has 0 unspecified atom stereocenters. The summed E-state index contributed by atoms with van der Waals surface area (Å²) in [6.45, 7) is 0. The van der Waals surface area contributed by atoms with E-state index in [2.05, 4.69) is 15.1 Å². The van der Waals surface area contributed by atoms with Gasteiger partial charge in [-0.2, -0.15) is 5.10 Å². The van der Waals surface area contributed by atoms with E-state index in [0.717, 1.165) is 0 Å². The molecule has 0 saturated carbocycles. The van der Waals surface area contributed by atoms with Gasteiger partial charge in [-0.25, -0.2) is 9.31 Å². The second-order valence-corrected chi connectivity index (χ2v) is 3.18. The SMILES string of the molecule is O=c1[nH]c(=O)c2cn3ncccc3c2[nH]1. The van der Waals surface area contributed by atoms with Crippen LogP contribution in [0.4, 0.5) is 0 Å². The minimum Gasteiger partial charge on any atom is -0.305 e. The highest BCUT2D eigenvalue weighted by atomic mass is 16.2. The van der Waals surface area contributed by atoms with Crippen LogP contribution in [0.5, 0.6) is 0 Å². The van der Waals surface area contributed by atoms with Crippen molar-refractivity contribution < 1.29 is 0 Å². The summed E-state index contributed by atoms with van der Waals surface area (Å²) < 4.78 is 1.55. The van der Waals surface area contributed by atoms with Crippen LogP contribution in [0.1, 0.15) is 0 Å². The van der Waals surface area contributed by atoms with Crippen molar-refractivity contribution in [2.45, 2.75) is 0 Å². The fraction of sp³-hybridized carbons (Fsp3) is 0. The lowest BCUT2D eigenvalue weighted by Crippen LogP contribution is -2.20. The molecule has 0 saturated heterocycles. The molecule has 0 spiro atoms. The van der Waals surface area contributed by atoms with E-state index >= 15 is 0 Å². The molecule has 0 aromatic carbocycles. The number of hydrogen-bond donors (Lipinski definition) is 2. The molecule has 0 radical (unpaired) electrons. The molecule has 0 atom stereocenters. The maximum absolute atomic E-state index is 11.5. The van der Waals surface area contributed by atoms with E-state index < -0.39 is 11.2 Å². The molecule has 2 N–H and O–H groups in total. The Labute approximate surface area is 82.2 Å². The van der Waals surface area contributed by atoms with Gasteiger partial charge in [-0.15, -0.1) is 0 Å². The van der Waals surface area contributed by atoms with Crippen molar-refractivity contribution in [3.8, 4) is 0 Å². The summed E-state index contributed by atoms with van der Waals surface area (Å²) in [5.41, 5.74) is 0.302. The summed E-state index contributed by atoms with van der Waals surface area (Å²) in [4.78, 5) is 27.3. The average molecular weight is 202 g/mol. The molecule has 0 aliphatic carbocycles. The Morgan fingerprint density at radius 1 is 1.27 bits per heavy atom. The van der Waals surface area contributed by atoms with E-state index in [1.165, 1.54) is 0 Å². The number of aromatic amines is 2. The van der Waals surface area contributed by atoms with Gasteiger partial charge >= 0.3 is 5.69 Å². The lowest BCUT2D eigenvalue weighted by molar-refractivity contribution is 0.944. The highest BCUT2D eigenvalue weighted by Gasteiger charge is 2.07. The number of H-pyrrole nitrogens is 2. The van der Waals surface area contributed by atoms with Gasteiger partial charge < -0.3 is 4.98 Å². The van der Waals surface area contributed by atoms with Crippen molar-refractivity contribution in [2.75, 3.05) is 0 Å². The van der Waals surface area contributed by atoms with E-state index in [-0.39, 0.29) is 0 Å². The Hall–Kier alpha value is -2.37. The van der Waals surface area contributed by atoms with Crippen molar-refractivity contribution in [2.24, 2.45) is 0 Å². The van der Waals surface area contributed by atoms with Crippen LogP contribution in [-0.2, 0) is 0 Å². The quantitative estimate of drug-likeness (QED) is 0.532. The molecule has 3 aromatic heterocycles. The van der Waals surface area contributed by atoms with Crippen LogP contribution in [-0.4, -0.2) is 19.6 Å². The molecule has 3 rings (SSSR count). The van der Waals surface area contributed by atoms with Gasteiger partial charge in [-0.3, -0.25) is 9.78 Å². The van der Waals surface area contributed by atoms with Gasteiger partial charge in [0, 0.05) is 12.4 Å². The van der Waals surface area contributed by atoms with Crippen molar-refractivity contribution in [1.82, 2.24) is 19.6 Å². The number of fused-ring (bicyclic) bond motifs is 3. The number of rotatable bonds is 0. The van der Waals surface area contributed by atoms with Crippen LogP contribution < -0.4 is 11.2 Å². The number of hydrogen-bond acceptors (Lipinski definition) is 3. The molecular formula is C9H6N4O2. The molecule has 3 aromatic rings. The van der Waals surface area contributed by atoms with Crippen LogP contribution >= 0.6 is 0 Å². The summed E-state index contributed by atoms with van der Waals surface area (Å²) in [5.74, 6) is 0. The molecule has 3 heterocycles. The monoisotopic (exact) mass is 202 g/mol. The zero-order valence-electron chi connectivity index (χ0n) is 7.52. The lowest BCUT2D eigenvalue weighted by atomic mass is 10.3. The number of nitrogens with zero attached hydrogens (tertiary/aromatic N) is 2. The highest BCUT2D eigenvalue weighted by molar-refractivity contribution is 5.92. The van der Waals surface area contributed by atoms with E-state index in [4.69, 9.17) is 0 Å². The minimum atomic E-state index is -0.510. The number of nitrogens with one attached hydrogen (secondary N) is 2. The fourth-order valence-electron chi connectivity index (χ4n) is 1.63. The molecular weight excluding hydrogens is 196 g/mol. The maximum atomic E-state index is 11.5. The van der Waals surface area contributed by atoms with Crippen LogP contribution in [0.25, 0.3) is 16.4 Å². The van der Waals surface area contributed by atoms with E-state index in [1.54, 1.807) is 29.0 Å². The summed E-state index contributed by atoms with van der Waals surface area (Å²) in [6, 6.07) is 3.53. The second-order valence-electron chi connectivity index (χ2n) is 3.18. The Morgan fingerprint density at radius 2 is 2.13 bits per heavy atom. The highest BCUT2D eigenvalue weighted by Crippen LogP contribution is 2.13. The Morgan fingerprint density at radius 3 is 3.00 bits per heavy atom. The third-order valence-corrected chi connectivity index (χ3v) is 2.27. The van der Waals surface area contributed by atoms with Crippen LogP contribution in [0.15, 0.2) is 34.1 Å². The molecule has 0 aliphatic heterocycles. The predicted molar refractivity (Wildman–Crippen MR) is 53.9 cm³/mol. The zero-order valence-corrected chi connectivity index (χ0v) is 7.52. The zero-order chi connectivity index (χ0) is 10.4. The molecule has 74 valence electrons. The average Bonchev–Trinajstić information content (AvgIpc) is 2.57. The third kappa shape index (κ3) is 1.01. The standard InChI is InChI=1S/C9H6N4O2/c14-8-5-4-13-6(2-1-3-10-13)7(5)11-9(15)12-8/h1-4H,(H2,11,12,14,15). The predicted octanol–water partition coefficient (Wildman–Crippen LogP) is -0.136. The van der Waals surface area contributed by atoms with Crippen molar-refractivity contribution >= 4 is 16.4 Å². The first-order valence-corrected chi connectivity index (χ1v) is 4.34. The summed E-state index contributed by atoms with van der Waals surface area (Å²) >= 11 is 0. The molecule has 0 amide bonds. The van der Waals surface area contributed by atoms with Crippen LogP contribution in [0.3, 0.4) is 0 Å². The fourth-order valence-corrected chi connectivity index (χ4v) is 1.63. The van der Waals surface area contributed by atoms with E-state index in [1.807, 2.05) is 0 Å². The van der Waals surface area contributed by atoms with E-state index in [9.17, 15) is 9.59 Å². The normalized spacial score (nSPS) is 11.2. The molecule has 0 aliphatic rings. The molecule has 15 heavy (non-hydrogen) atoms.